The molecule has 0 radical (unpaired) electrons. The van der Waals surface area contributed by atoms with Crippen molar-refractivity contribution in [2.45, 2.75) is 6.54 Å². The second kappa shape index (κ2) is 6.65. The third-order valence-corrected chi connectivity index (χ3v) is 2.86. The number of aliphatic imine (C=N–C) groups is 1. The number of aryl methyl sites for hydroxylation is 1. The monoisotopic (exact) mass is 289 g/mol. The predicted molar refractivity (Wildman–Crippen MR) is 81.7 cm³/mol. The van der Waals surface area contributed by atoms with Crippen LogP contribution in [0.4, 0.5) is 5.69 Å². The van der Waals surface area contributed by atoms with Crippen molar-refractivity contribution >= 4 is 11.6 Å². The highest BCUT2D eigenvalue weighted by Crippen LogP contribution is 2.28. The van der Waals surface area contributed by atoms with Gasteiger partial charge in [-0.2, -0.15) is 5.10 Å². The number of hydrogen-bond donors (Lipinski definition) is 2. The van der Waals surface area contributed by atoms with E-state index >= 15 is 0 Å². The molecule has 0 aliphatic heterocycles. The van der Waals surface area contributed by atoms with Crippen LogP contribution in [0, 0.1) is 0 Å². The Morgan fingerprint density at radius 2 is 2.19 bits per heavy atom. The lowest BCUT2D eigenvalue weighted by molar-refractivity contribution is 0.405. The molecule has 7 nitrogen and oxygen atoms in total. The number of nitrogens with one attached hydrogen (secondary N) is 1. The Kier molecular flexibility index (Phi) is 4.65. The molecule has 0 unspecified atom stereocenters. The summed E-state index contributed by atoms with van der Waals surface area (Å²) >= 11 is 0. The summed E-state index contributed by atoms with van der Waals surface area (Å²) in [6.45, 7) is 0.457. The average Bonchev–Trinajstić information content (AvgIpc) is 2.90. The van der Waals surface area contributed by atoms with Crippen LogP contribution in [0.15, 0.2) is 35.6 Å². The summed E-state index contributed by atoms with van der Waals surface area (Å²) in [7, 11) is 5.05. The molecule has 3 N–H and O–H groups in total. The molecule has 0 aliphatic carbocycles. The van der Waals surface area contributed by atoms with Gasteiger partial charge < -0.3 is 20.5 Å². The van der Waals surface area contributed by atoms with Gasteiger partial charge in [0.2, 0.25) is 0 Å². The Labute approximate surface area is 123 Å². The zero-order valence-electron chi connectivity index (χ0n) is 12.3. The third kappa shape index (κ3) is 3.88. The minimum atomic E-state index is 0.297. The normalized spacial score (nSPS) is 11.3. The predicted octanol–water partition coefficient (Wildman–Crippen LogP) is 1.36. The van der Waals surface area contributed by atoms with Gasteiger partial charge in [0.05, 0.1) is 32.6 Å². The molecule has 21 heavy (non-hydrogen) atoms. The van der Waals surface area contributed by atoms with E-state index in [9.17, 15) is 0 Å². The van der Waals surface area contributed by atoms with Crippen LogP contribution in [0.2, 0.25) is 0 Å². The third-order valence-electron chi connectivity index (χ3n) is 2.86. The molecule has 0 saturated carbocycles. The number of methoxy groups -OCH3 is 2. The Morgan fingerprint density at radius 1 is 1.38 bits per heavy atom. The van der Waals surface area contributed by atoms with Crippen LogP contribution in [-0.2, 0) is 13.6 Å². The maximum Gasteiger partial charge on any atom is 0.193 e. The highest BCUT2D eigenvalue weighted by molar-refractivity contribution is 5.93. The fourth-order valence-electron chi connectivity index (χ4n) is 1.82. The van der Waals surface area contributed by atoms with Crippen LogP contribution < -0.4 is 20.5 Å². The molecule has 0 spiro atoms. The lowest BCUT2D eigenvalue weighted by Crippen LogP contribution is -2.23. The minimum Gasteiger partial charge on any atom is -0.497 e. The summed E-state index contributed by atoms with van der Waals surface area (Å²) in [5.41, 5.74) is 7.58. The molecule has 0 saturated heterocycles. The van der Waals surface area contributed by atoms with E-state index < -0.39 is 0 Å². The van der Waals surface area contributed by atoms with Gasteiger partial charge >= 0.3 is 0 Å². The van der Waals surface area contributed by atoms with Crippen molar-refractivity contribution in [3.63, 3.8) is 0 Å². The van der Waals surface area contributed by atoms with Crippen molar-refractivity contribution in [2.24, 2.45) is 17.8 Å². The van der Waals surface area contributed by atoms with E-state index in [0.717, 1.165) is 5.56 Å². The first-order chi connectivity index (χ1) is 10.1. The van der Waals surface area contributed by atoms with Gasteiger partial charge in [-0.05, 0) is 12.1 Å². The number of nitrogens with zero attached hydrogens (tertiary/aromatic N) is 3. The molecule has 1 aromatic carbocycles. The molecule has 7 heteroatoms. The van der Waals surface area contributed by atoms with Crippen molar-refractivity contribution < 1.29 is 9.47 Å². The minimum absolute atomic E-state index is 0.297. The fraction of sp³-hybridized carbons (Fsp3) is 0.286. The molecule has 0 aliphatic rings. The molecule has 112 valence electrons. The highest BCUT2D eigenvalue weighted by atomic mass is 16.5. The average molecular weight is 289 g/mol. The first-order valence-corrected chi connectivity index (χ1v) is 6.39. The summed E-state index contributed by atoms with van der Waals surface area (Å²) in [4.78, 5) is 4.27. The SMILES string of the molecule is COc1ccc(OC)c(NC(N)=NCc2cnn(C)c2)c1. The maximum atomic E-state index is 5.89. The van der Waals surface area contributed by atoms with E-state index in [1.54, 1.807) is 37.2 Å². The number of nitrogens with two attached hydrogens (primary N) is 1. The largest absolute Gasteiger partial charge is 0.497 e. The molecule has 1 aromatic heterocycles. The molecule has 0 atom stereocenters. The van der Waals surface area contributed by atoms with Crippen LogP contribution >= 0.6 is 0 Å². The number of benzene rings is 1. The molecule has 1 heterocycles. The van der Waals surface area contributed by atoms with Crippen molar-refractivity contribution in [1.82, 2.24) is 9.78 Å². The molecular formula is C14H19N5O2. The van der Waals surface area contributed by atoms with Gasteiger partial charge in [-0.25, -0.2) is 4.99 Å². The molecule has 0 bridgehead atoms. The van der Waals surface area contributed by atoms with Crippen molar-refractivity contribution in [3.05, 3.63) is 36.2 Å². The van der Waals surface area contributed by atoms with Gasteiger partial charge in [0.25, 0.3) is 0 Å². The molecule has 2 rings (SSSR count). The zero-order valence-corrected chi connectivity index (χ0v) is 12.3. The number of hydrogen-bond acceptors (Lipinski definition) is 4. The topological polar surface area (TPSA) is 86.7 Å². The van der Waals surface area contributed by atoms with Crippen molar-refractivity contribution in [1.29, 1.82) is 0 Å². The number of aromatic nitrogens is 2. The lowest BCUT2D eigenvalue weighted by atomic mass is 10.2. The highest BCUT2D eigenvalue weighted by Gasteiger charge is 2.06. The van der Waals surface area contributed by atoms with Gasteiger partial charge in [-0.3, -0.25) is 4.68 Å². The van der Waals surface area contributed by atoms with E-state index in [2.05, 4.69) is 15.4 Å². The van der Waals surface area contributed by atoms with Gasteiger partial charge in [-0.1, -0.05) is 0 Å². The smallest absolute Gasteiger partial charge is 0.193 e. The summed E-state index contributed by atoms with van der Waals surface area (Å²) < 4.78 is 12.2. The molecule has 0 fully saturated rings. The first kappa shape index (κ1) is 14.7. The number of ether oxygens (including phenoxy) is 2. The van der Waals surface area contributed by atoms with Crippen molar-refractivity contribution in [2.75, 3.05) is 19.5 Å². The second-order valence-electron chi connectivity index (χ2n) is 4.41. The summed E-state index contributed by atoms with van der Waals surface area (Å²) in [6, 6.07) is 5.41. The van der Waals surface area contributed by atoms with Crippen LogP contribution in [-0.4, -0.2) is 30.0 Å². The Balaban J connectivity index is 2.09. The van der Waals surface area contributed by atoms with Gasteiger partial charge in [0, 0.05) is 24.9 Å². The van der Waals surface area contributed by atoms with Crippen molar-refractivity contribution in [3.8, 4) is 11.5 Å². The van der Waals surface area contributed by atoms with Crippen LogP contribution in [0.25, 0.3) is 0 Å². The fourth-order valence-corrected chi connectivity index (χ4v) is 1.82. The molecular weight excluding hydrogens is 270 g/mol. The second-order valence-corrected chi connectivity index (χ2v) is 4.41. The molecule has 2 aromatic rings. The van der Waals surface area contributed by atoms with Gasteiger partial charge in [0.1, 0.15) is 11.5 Å². The quantitative estimate of drug-likeness (QED) is 0.641. The van der Waals surface area contributed by atoms with E-state index in [4.69, 9.17) is 15.2 Å². The van der Waals surface area contributed by atoms with Crippen LogP contribution in [0.1, 0.15) is 5.56 Å². The van der Waals surface area contributed by atoms with Crippen LogP contribution in [0.3, 0.4) is 0 Å². The Bertz CT molecular complexity index is 636. The lowest BCUT2D eigenvalue weighted by Gasteiger charge is -2.12. The Morgan fingerprint density at radius 3 is 2.81 bits per heavy atom. The van der Waals surface area contributed by atoms with E-state index in [1.807, 2.05) is 19.3 Å². The number of guanidine groups is 1. The van der Waals surface area contributed by atoms with E-state index in [1.165, 1.54) is 0 Å². The van der Waals surface area contributed by atoms with E-state index in [0.29, 0.717) is 29.7 Å². The van der Waals surface area contributed by atoms with E-state index in [-0.39, 0.29) is 0 Å². The maximum absolute atomic E-state index is 5.89. The van der Waals surface area contributed by atoms with Gasteiger partial charge in [0.15, 0.2) is 5.96 Å². The zero-order chi connectivity index (χ0) is 15.2. The Hall–Kier alpha value is -2.70. The first-order valence-electron chi connectivity index (χ1n) is 6.39. The van der Waals surface area contributed by atoms with Gasteiger partial charge in [-0.15, -0.1) is 0 Å². The number of rotatable bonds is 5. The standard InChI is InChI=1S/C14H19N5O2/c1-19-9-10(8-17-19)7-16-14(15)18-12-6-11(20-2)4-5-13(12)21-3/h4-6,8-9H,7H2,1-3H3,(H3,15,16,18). The number of anilines is 1. The van der Waals surface area contributed by atoms with Crippen LogP contribution in [0.5, 0.6) is 11.5 Å². The summed E-state index contributed by atoms with van der Waals surface area (Å²) in [6.07, 6.45) is 3.64. The summed E-state index contributed by atoms with van der Waals surface area (Å²) in [5, 5.41) is 7.09. The molecule has 0 amide bonds. The summed E-state index contributed by atoms with van der Waals surface area (Å²) in [5.74, 6) is 1.67.